The van der Waals surface area contributed by atoms with E-state index in [1.54, 1.807) is 6.92 Å². The minimum absolute atomic E-state index is 0.109. The molecule has 34 heavy (non-hydrogen) atoms. The topological polar surface area (TPSA) is 82.5 Å². The fourth-order valence-corrected chi connectivity index (χ4v) is 4.33. The number of aromatic nitrogens is 2. The number of anilines is 1. The van der Waals surface area contributed by atoms with Crippen LogP contribution in [0, 0.1) is 12.8 Å². The van der Waals surface area contributed by atoms with Gasteiger partial charge in [-0.15, -0.1) is 0 Å². The fraction of sp³-hybridized carbons (Fsp3) is 0.269. The second kappa shape index (κ2) is 10.5. The summed E-state index contributed by atoms with van der Waals surface area (Å²) in [5.74, 6) is 0.366. The molecule has 7 nitrogen and oxygen atoms in total. The van der Waals surface area contributed by atoms with E-state index in [1.807, 2.05) is 79.2 Å². The molecule has 0 aliphatic heterocycles. The molecule has 0 atom stereocenters. The van der Waals surface area contributed by atoms with E-state index in [0.29, 0.717) is 28.9 Å². The monoisotopic (exact) mass is 477 g/mol. The van der Waals surface area contributed by atoms with Crippen LogP contribution in [-0.4, -0.2) is 28.0 Å². The van der Waals surface area contributed by atoms with Crippen LogP contribution >= 0.6 is 11.3 Å². The van der Waals surface area contributed by atoms with Crippen molar-refractivity contribution in [3.05, 3.63) is 76.9 Å². The van der Waals surface area contributed by atoms with E-state index in [0.717, 1.165) is 33.6 Å². The first kappa shape index (κ1) is 23.5. The minimum Gasteiger partial charge on any atom is -0.488 e. The molecule has 2 heterocycles. The molecule has 0 spiro atoms. The largest absolute Gasteiger partial charge is 0.488 e. The summed E-state index contributed by atoms with van der Waals surface area (Å²) in [6, 6.07) is 17.7. The number of carbonyl (C=O) groups excluding carboxylic acids is 2. The Kier molecular flexibility index (Phi) is 7.27. The molecule has 2 aromatic heterocycles. The summed E-state index contributed by atoms with van der Waals surface area (Å²) in [7, 11) is 0. The molecule has 1 amide bonds. The molecule has 0 aliphatic carbocycles. The Morgan fingerprint density at radius 2 is 1.88 bits per heavy atom. The predicted molar refractivity (Wildman–Crippen MR) is 133 cm³/mol. The Labute approximate surface area is 202 Å². The summed E-state index contributed by atoms with van der Waals surface area (Å²) in [6.07, 6.45) is 1.86. The van der Waals surface area contributed by atoms with E-state index < -0.39 is 5.97 Å². The Hall–Kier alpha value is -3.65. The van der Waals surface area contributed by atoms with Crippen LogP contribution in [0.1, 0.15) is 34.8 Å². The van der Waals surface area contributed by atoms with Crippen LogP contribution in [-0.2, 0) is 22.7 Å². The van der Waals surface area contributed by atoms with Gasteiger partial charge in [-0.25, -0.2) is 9.78 Å². The number of fused-ring (bicyclic) bond motifs is 1. The Morgan fingerprint density at radius 3 is 2.65 bits per heavy atom. The van der Waals surface area contributed by atoms with Gasteiger partial charge in [-0.1, -0.05) is 61.6 Å². The van der Waals surface area contributed by atoms with Gasteiger partial charge in [0, 0.05) is 11.6 Å². The third-order valence-electron chi connectivity index (χ3n) is 5.10. The zero-order chi connectivity index (χ0) is 24.1. The molecule has 0 unspecified atom stereocenters. The van der Waals surface area contributed by atoms with Crippen molar-refractivity contribution in [3.8, 4) is 5.75 Å². The van der Waals surface area contributed by atoms with Crippen LogP contribution < -0.4 is 10.1 Å². The highest BCUT2D eigenvalue weighted by Crippen LogP contribution is 2.28. The number of amides is 1. The van der Waals surface area contributed by atoms with Crippen molar-refractivity contribution in [1.82, 2.24) is 9.55 Å². The van der Waals surface area contributed by atoms with Gasteiger partial charge in [-0.05, 0) is 36.6 Å². The first-order valence-corrected chi connectivity index (χ1v) is 11.9. The summed E-state index contributed by atoms with van der Waals surface area (Å²) < 4.78 is 13.2. The summed E-state index contributed by atoms with van der Waals surface area (Å²) in [5.41, 5.74) is 2.53. The molecule has 176 valence electrons. The lowest BCUT2D eigenvalue weighted by Gasteiger charge is -2.09. The lowest BCUT2D eigenvalue weighted by Crippen LogP contribution is -2.18. The second-order valence-corrected chi connectivity index (χ2v) is 9.38. The van der Waals surface area contributed by atoms with Gasteiger partial charge in [0.1, 0.15) is 23.8 Å². The van der Waals surface area contributed by atoms with E-state index in [4.69, 9.17) is 9.47 Å². The molecule has 0 saturated heterocycles. The minimum atomic E-state index is -0.413. The standard InChI is InChI=1S/C26H27N3O4S/c1-17(2)15-33-25(31)24-18(3)27-26(34-24)28-23(30)14-29-13-12-20-21(29)10-7-11-22(20)32-16-19-8-5-4-6-9-19/h4-13,17H,14-16H2,1-3H3,(H,27,28,30). The quantitative estimate of drug-likeness (QED) is 0.325. The maximum Gasteiger partial charge on any atom is 0.350 e. The normalized spacial score (nSPS) is 11.1. The average Bonchev–Trinajstić information content (AvgIpc) is 3.40. The lowest BCUT2D eigenvalue weighted by molar-refractivity contribution is -0.116. The Morgan fingerprint density at radius 1 is 1.09 bits per heavy atom. The summed E-state index contributed by atoms with van der Waals surface area (Å²) >= 11 is 1.12. The van der Waals surface area contributed by atoms with Crippen molar-refractivity contribution in [2.75, 3.05) is 11.9 Å². The molecular weight excluding hydrogens is 450 g/mol. The van der Waals surface area contributed by atoms with E-state index >= 15 is 0 Å². The van der Waals surface area contributed by atoms with Crippen LogP contribution in [0.5, 0.6) is 5.75 Å². The van der Waals surface area contributed by atoms with Gasteiger partial charge >= 0.3 is 5.97 Å². The smallest absolute Gasteiger partial charge is 0.350 e. The number of nitrogens with zero attached hydrogens (tertiary/aromatic N) is 2. The maximum absolute atomic E-state index is 12.7. The van der Waals surface area contributed by atoms with E-state index in [-0.39, 0.29) is 18.4 Å². The van der Waals surface area contributed by atoms with Gasteiger partial charge in [0.25, 0.3) is 0 Å². The van der Waals surface area contributed by atoms with Gasteiger partial charge in [0.2, 0.25) is 5.91 Å². The van der Waals surface area contributed by atoms with Crippen molar-refractivity contribution >= 4 is 39.2 Å². The zero-order valence-electron chi connectivity index (χ0n) is 19.4. The summed E-state index contributed by atoms with van der Waals surface area (Å²) in [5, 5.41) is 4.11. The van der Waals surface area contributed by atoms with Gasteiger partial charge < -0.3 is 19.4 Å². The molecule has 1 N–H and O–H groups in total. The highest BCUT2D eigenvalue weighted by Gasteiger charge is 2.19. The van der Waals surface area contributed by atoms with Crippen LogP contribution in [0.3, 0.4) is 0 Å². The number of rotatable bonds is 9. The average molecular weight is 478 g/mol. The second-order valence-electron chi connectivity index (χ2n) is 8.38. The third kappa shape index (κ3) is 5.63. The van der Waals surface area contributed by atoms with Crippen LogP contribution in [0.25, 0.3) is 10.9 Å². The zero-order valence-corrected chi connectivity index (χ0v) is 20.2. The van der Waals surface area contributed by atoms with E-state index in [2.05, 4.69) is 10.3 Å². The first-order valence-electron chi connectivity index (χ1n) is 11.1. The Balaban J connectivity index is 1.41. The molecular formula is C26H27N3O4S. The summed E-state index contributed by atoms with van der Waals surface area (Å²) in [4.78, 5) is 29.7. The number of carbonyl (C=O) groups is 2. The van der Waals surface area contributed by atoms with Crippen LogP contribution in [0.4, 0.5) is 5.13 Å². The molecule has 8 heteroatoms. The Bertz CT molecular complexity index is 1290. The number of benzene rings is 2. The first-order chi connectivity index (χ1) is 16.4. The predicted octanol–water partition coefficient (Wildman–Crippen LogP) is 5.44. The lowest BCUT2D eigenvalue weighted by atomic mass is 10.2. The fourth-order valence-electron chi connectivity index (χ4n) is 3.45. The number of aryl methyl sites for hydroxylation is 1. The van der Waals surface area contributed by atoms with Gasteiger partial charge in [0.05, 0.1) is 17.8 Å². The number of thiazole rings is 1. The van der Waals surface area contributed by atoms with Crippen LogP contribution in [0.2, 0.25) is 0 Å². The number of hydrogen-bond donors (Lipinski definition) is 1. The number of nitrogens with one attached hydrogen (secondary N) is 1. The molecule has 0 bridgehead atoms. The van der Waals surface area contributed by atoms with E-state index in [1.165, 1.54) is 0 Å². The number of ether oxygens (including phenoxy) is 2. The van der Waals surface area contributed by atoms with Crippen LogP contribution in [0.15, 0.2) is 60.8 Å². The molecule has 0 radical (unpaired) electrons. The van der Waals surface area contributed by atoms with Crippen molar-refractivity contribution < 1.29 is 19.1 Å². The molecule has 2 aromatic carbocycles. The maximum atomic E-state index is 12.7. The van der Waals surface area contributed by atoms with Crippen molar-refractivity contribution in [1.29, 1.82) is 0 Å². The number of hydrogen-bond acceptors (Lipinski definition) is 6. The molecule has 4 aromatic rings. The summed E-state index contributed by atoms with van der Waals surface area (Å²) in [6.45, 7) is 6.60. The third-order valence-corrected chi connectivity index (χ3v) is 6.15. The van der Waals surface area contributed by atoms with Crippen molar-refractivity contribution in [2.45, 2.75) is 33.9 Å². The van der Waals surface area contributed by atoms with Crippen molar-refractivity contribution in [2.24, 2.45) is 5.92 Å². The highest BCUT2D eigenvalue weighted by atomic mass is 32.1. The molecule has 4 rings (SSSR count). The molecule has 0 saturated carbocycles. The molecule has 0 aliphatic rings. The van der Waals surface area contributed by atoms with Crippen molar-refractivity contribution in [3.63, 3.8) is 0 Å². The van der Waals surface area contributed by atoms with Gasteiger partial charge in [-0.3, -0.25) is 4.79 Å². The number of esters is 1. The van der Waals surface area contributed by atoms with Gasteiger partial charge in [-0.2, -0.15) is 0 Å². The SMILES string of the molecule is Cc1nc(NC(=O)Cn2ccc3c(OCc4ccccc4)cccc32)sc1C(=O)OCC(C)C. The molecule has 0 fully saturated rings. The van der Waals surface area contributed by atoms with E-state index in [9.17, 15) is 9.59 Å². The van der Waals surface area contributed by atoms with Gasteiger partial charge in [0.15, 0.2) is 5.13 Å². The highest BCUT2D eigenvalue weighted by molar-refractivity contribution is 7.17.